The standard InChI is InChI=1S/C15H18O2/c1-2-12-5-7-13(8-6-12)4-3-11-17-15(16)14-9-10-14/h3-8,14H,2,9-11H2,1H3/b4-3+. The van der Waals surface area contributed by atoms with E-state index in [1.54, 1.807) is 0 Å². The first-order valence-electron chi connectivity index (χ1n) is 6.21. The number of carbonyl (C=O) groups is 1. The fourth-order valence-electron chi connectivity index (χ4n) is 1.62. The van der Waals surface area contributed by atoms with E-state index in [4.69, 9.17) is 4.74 Å². The summed E-state index contributed by atoms with van der Waals surface area (Å²) in [6.07, 6.45) is 6.94. The summed E-state index contributed by atoms with van der Waals surface area (Å²) in [5, 5.41) is 0. The molecule has 2 rings (SSSR count). The van der Waals surface area contributed by atoms with Crippen LogP contribution in [0.3, 0.4) is 0 Å². The van der Waals surface area contributed by atoms with Crippen LogP contribution in [0.2, 0.25) is 0 Å². The lowest BCUT2D eigenvalue weighted by Gasteiger charge is -1.99. The summed E-state index contributed by atoms with van der Waals surface area (Å²) in [6.45, 7) is 2.52. The largest absolute Gasteiger partial charge is 0.461 e. The number of rotatable bonds is 5. The Labute approximate surface area is 102 Å². The maximum absolute atomic E-state index is 11.2. The SMILES string of the molecule is CCc1ccc(/C=C/COC(=O)C2CC2)cc1. The van der Waals surface area contributed by atoms with Crippen molar-refractivity contribution < 1.29 is 9.53 Å². The minimum Gasteiger partial charge on any atom is -0.461 e. The molecule has 90 valence electrons. The predicted octanol–water partition coefficient (Wildman–Crippen LogP) is 3.22. The first-order chi connectivity index (χ1) is 8.29. The van der Waals surface area contributed by atoms with E-state index in [0.29, 0.717) is 6.61 Å². The third-order valence-electron chi connectivity index (χ3n) is 2.93. The van der Waals surface area contributed by atoms with Crippen LogP contribution in [0.5, 0.6) is 0 Å². The Morgan fingerprint density at radius 1 is 1.35 bits per heavy atom. The molecule has 0 aliphatic heterocycles. The van der Waals surface area contributed by atoms with Gasteiger partial charge in [-0.15, -0.1) is 0 Å². The molecule has 0 spiro atoms. The van der Waals surface area contributed by atoms with Crippen LogP contribution >= 0.6 is 0 Å². The van der Waals surface area contributed by atoms with Gasteiger partial charge in [-0.25, -0.2) is 0 Å². The average Bonchev–Trinajstić information content (AvgIpc) is 3.19. The molecule has 1 aliphatic carbocycles. The van der Waals surface area contributed by atoms with Gasteiger partial charge in [-0.2, -0.15) is 0 Å². The Morgan fingerprint density at radius 3 is 2.65 bits per heavy atom. The van der Waals surface area contributed by atoms with Crippen molar-refractivity contribution in [2.75, 3.05) is 6.61 Å². The number of hydrogen-bond donors (Lipinski definition) is 0. The second-order valence-electron chi connectivity index (χ2n) is 4.40. The molecule has 1 aliphatic rings. The monoisotopic (exact) mass is 230 g/mol. The lowest BCUT2D eigenvalue weighted by atomic mass is 10.1. The predicted molar refractivity (Wildman–Crippen MR) is 68.5 cm³/mol. The molecule has 2 heteroatoms. The van der Waals surface area contributed by atoms with Crippen LogP contribution in [-0.4, -0.2) is 12.6 Å². The minimum absolute atomic E-state index is 0.0454. The molecular weight excluding hydrogens is 212 g/mol. The van der Waals surface area contributed by atoms with Gasteiger partial charge in [0.05, 0.1) is 5.92 Å². The summed E-state index contributed by atoms with van der Waals surface area (Å²) < 4.78 is 5.11. The maximum Gasteiger partial charge on any atom is 0.309 e. The van der Waals surface area contributed by atoms with Crippen LogP contribution in [0.25, 0.3) is 6.08 Å². The molecular formula is C15H18O2. The van der Waals surface area contributed by atoms with E-state index >= 15 is 0 Å². The molecule has 1 fully saturated rings. The molecule has 0 amide bonds. The van der Waals surface area contributed by atoms with Crippen LogP contribution in [0.1, 0.15) is 30.9 Å². The highest BCUT2D eigenvalue weighted by Gasteiger charge is 2.30. The van der Waals surface area contributed by atoms with Crippen molar-refractivity contribution in [2.24, 2.45) is 5.92 Å². The van der Waals surface area contributed by atoms with Gasteiger partial charge in [0.15, 0.2) is 0 Å². The van der Waals surface area contributed by atoms with Gasteiger partial charge in [0.2, 0.25) is 0 Å². The Hall–Kier alpha value is -1.57. The highest BCUT2D eigenvalue weighted by Crippen LogP contribution is 2.29. The van der Waals surface area contributed by atoms with Gasteiger partial charge in [-0.3, -0.25) is 4.79 Å². The van der Waals surface area contributed by atoms with Crippen molar-refractivity contribution in [3.63, 3.8) is 0 Å². The van der Waals surface area contributed by atoms with E-state index in [-0.39, 0.29) is 11.9 Å². The van der Waals surface area contributed by atoms with Crippen molar-refractivity contribution >= 4 is 12.0 Å². The van der Waals surface area contributed by atoms with Gasteiger partial charge in [0.1, 0.15) is 6.61 Å². The van der Waals surface area contributed by atoms with Gasteiger partial charge in [0, 0.05) is 0 Å². The minimum atomic E-state index is -0.0454. The fraction of sp³-hybridized carbons (Fsp3) is 0.400. The molecule has 0 radical (unpaired) electrons. The van der Waals surface area contributed by atoms with Crippen LogP contribution < -0.4 is 0 Å². The number of aryl methyl sites for hydroxylation is 1. The van der Waals surface area contributed by atoms with E-state index < -0.39 is 0 Å². The second-order valence-corrected chi connectivity index (χ2v) is 4.40. The quantitative estimate of drug-likeness (QED) is 0.726. The van der Waals surface area contributed by atoms with Gasteiger partial charge in [-0.05, 0) is 36.5 Å². The zero-order valence-electron chi connectivity index (χ0n) is 10.2. The Morgan fingerprint density at radius 2 is 2.06 bits per heavy atom. The summed E-state index contributed by atoms with van der Waals surface area (Å²) in [5.41, 5.74) is 2.48. The molecule has 1 aromatic rings. The third kappa shape index (κ3) is 3.74. The zero-order chi connectivity index (χ0) is 12.1. The lowest BCUT2D eigenvalue weighted by molar-refractivity contribution is -0.143. The molecule has 0 aromatic heterocycles. The summed E-state index contributed by atoms with van der Waals surface area (Å²) >= 11 is 0. The first kappa shape index (κ1) is 11.9. The summed E-state index contributed by atoms with van der Waals surface area (Å²) in [5.74, 6) is 0.142. The van der Waals surface area contributed by atoms with E-state index in [9.17, 15) is 4.79 Å². The second kappa shape index (κ2) is 5.67. The van der Waals surface area contributed by atoms with Crippen LogP contribution in [0.15, 0.2) is 30.3 Å². The van der Waals surface area contributed by atoms with Crippen molar-refractivity contribution in [1.29, 1.82) is 0 Å². The topological polar surface area (TPSA) is 26.3 Å². The van der Waals surface area contributed by atoms with E-state index in [0.717, 1.165) is 24.8 Å². The number of esters is 1. The fourth-order valence-corrected chi connectivity index (χ4v) is 1.62. The molecule has 0 saturated heterocycles. The molecule has 0 N–H and O–H groups in total. The highest BCUT2D eigenvalue weighted by atomic mass is 16.5. The number of benzene rings is 1. The van der Waals surface area contributed by atoms with E-state index in [1.807, 2.05) is 12.2 Å². The Balaban J connectivity index is 1.76. The summed E-state index contributed by atoms with van der Waals surface area (Å²) in [7, 11) is 0. The molecule has 2 nitrogen and oxygen atoms in total. The van der Waals surface area contributed by atoms with Gasteiger partial charge in [-0.1, -0.05) is 37.3 Å². The number of ether oxygens (including phenoxy) is 1. The lowest BCUT2D eigenvalue weighted by Crippen LogP contribution is -2.05. The summed E-state index contributed by atoms with van der Waals surface area (Å²) in [6, 6.07) is 8.40. The normalized spacial score (nSPS) is 15.1. The third-order valence-corrected chi connectivity index (χ3v) is 2.93. The molecule has 0 heterocycles. The van der Waals surface area contributed by atoms with Crippen LogP contribution in [0, 0.1) is 5.92 Å². The van der Waals surface area contributed by atoms with Crippen molar-refractivity contribution in [2.45, 2.75) is 26.2 Å². The van der Waals surface area contributed by atoms with Gasteiger partial charge in [0.25, 0.3) is 0 Å². The van der Waals surface area contributed by atoms with Crippen molar-refractivity contribution in [3.8, 4) is 0 Å². The molecule has 1 aromatic carbocycles. The van der Waals surface area contributed by atoms with Gasteiger partial charge < -0.3 is 4.74 Å². The molecule has 0 bridgehead atoms. The van der Waals surface area contributed by atoms with Crippen molar-refractivity contribution in [1.82, 2.24) is 0 Å². The summed E-state index contributed by atoms with van der Waals surface area (Å²) in [4.78, 5) is 11.2. The zero-order valence-corrected chi connectivity index (χ0v) is 10.2. The molecule has 17 heavy (non-hydrogen) atoms. The van der Waals surface area contributed by atoms with Crippen molar-refractivity contribution in [3.05, 3.63) is 41.5 Å². The van der Waals surface area contributed by atoms with Crippen LogP contribution in [-0.2, 0) is 16.0 Å². The van der Waals surface area contributed by atoms with E-state index in [1.165, 1.54) is 5.56 Å². The highest BCUT2D eigenvalue weighted by molar-refractivity contribution is 5.75. The van der Waals surface area contributed by atoms with E-state index in [2.05, 4.69) is 31.2 Å². The molecule has 1 saturated carbocycles. The average molecular weight is 230 g/mol. The first-order valence-corrected chi connectivity index (χ1v) is 6.21. The Bertz CT molecular complexity index is 399. The number of hydrogen-bond acceptors (Lipinski definition) is 2. The smallest absolute Gasteiger partial charge is 0.309 e. The maximum atomic E-state index is 11.2. The number of carbonyl (C=O) groups excluding carboxylic acids is 1. The van der Waals surface area contributed by atoms with Crippen LogP contribution in [0.4, 0.5) is 0 Å². The molecule has 0 atom stereocenters. The van der Waals surface area contributed by atoms with Gasteiger partial charge >= 0.3 is 5.97 Å². The Kier molecular flexibility index (Phi) is 3.97. The molecule has 0 unspecified atom stereocenters.